The van der Waals surface area contributed by atoms with E-state index < -0.39 is 0 Å². The van der Waals surface area contributed by atoms with E-state index in [2.05, 4.69) is 5.32 Å². The van der Waals surface area contributed by atoms with Crippen LogP contribution in [0.1, 0.15) is 10.4 Å². The van der Waals surface area contributed by atoms with Gasteiger partial charge in [0.2, 0.25) is 0 Å². The second-order valence-corrected chi connectivity index (χ2v) is 3.33. The molecule has 0 aliphatic rings. The first kappa shape index (κ1) is 9.52. The lowest BCUT2D eigenvalue weighted by Gasteiger charge is -2.07. The van der Waals surface area contributed by atoms with Gasteiger partial charge in [-0.25, -0.2) is 0 Å². The van der Waals surface area contributed by atoms with Crippen molar-refractivity contribution >= 4 is 22.4 Å². The van der Waals surface area contributed by atoms with Gasteiger partial charge in [0, 0.05) is 23.7 Å². The molecule has 0 aliphatic carbocycles. The van der Waals surface area contributed by atoms with Crippen LogP contribution in [0.4, 0.5) is 5.69 Å². The Morgan fingerprint density at radius 3 is 2.53 bits per heavy atom. The number of fused-ring (bicyclic) bond motifs is 1. The number of carbonyl (C=O) groups excluding carboxylic acids is 1. The molecule has 76 valence electrons. The fourth-order valence-corrected chi connectivity index (χ4v) is 1.69. The summed E-state index contributed by atoms with van der Waals surface area (Å²) in [5.74, 6) is -0.113. The zero-order valence-corrected chi connectivity index (χ0v) is 8.45. The molecule has 3 nitrogen and oxygen atoms in total. The van der Waals surface area contributed by atoms with Crippen LogP contribution in [0.2, 0.25) is 0 Å². The summed E-state index contributed by atoms with van der Waals surface area (Å²) in [6.07, 6.45) is 0. The molecule has 0 radical (unpaired) electrons. The van der Waals surface area contributed by atoms with E-state index in [1.165, 1.54) is 0 Å². The normalized spacial score (nSPS) is 10.2. The number of nitrogens with two attached hydrogens (primary N) is 1. The van der Waals surface area contributed by atoms with Crippen LogP contribution in [0.25, 0.3) is 10.8 Å². The SMILES string of the molecule is CNC(=O)c1cccc2cccc(N)c12. The summed E-state index contributed by atoms with van der Waals surface area (Å²) in [6, 6.07) is 11.2. The van der Waals surface area contributed by atoms with Gasteiger partial charge in [0.05, 0.1) is 0 Å². The molecule has 0 atom stereocenters. The Bertz CT molecular complexity index is 515. The van der Waals surface area contributed by atoms with E-state index in [1.807, 2.05) is 24.3 Å². The van der Waals surface area contributed by atoms with Crippen LogP contribution in [0.5, 0.6) is 0 Å². The molecule has 0 bridgehead atoms. The standard InChI is InChI=1S/C12H12N2O/c1-14-12(15)9-6-2-4-8-5-3-7-10(13)11(8)9/h2-7H,13H2,1H3,(H,14,15). The summed E-state index contributed by atoms with van der Waals surface area (Å²) in [7, 11) is 1.61. The highest BCUT2D eigenvalue weighted by molar-refractivity contribution is 6.11. The number of hydrogen-bond donors (Lipinski definition) is 2. The Morgan fingerprint density at radius 2 is 1.87 bits per heavy atom. The molecule has 3 N–H and O–H groups in total. The van der Waals surface area contributed by atoms with E-state index in [0.29, 0.717) is 11.3 Å². The second-order valence-electron chi connectivity index (χ2n) is 3.33. The maximum atomic E-state index is 11.6. The van der Waals surface area contributed by atoms with Gasteiger partial charge in [-0.05, 0) is 17.5 Å². The van der Waals surface area contributed by atoms with Gasteiger partial charge in [0.1, 0.15) is 0 Å². The highest BCUT2D eigenvalue weighted by Gasteiger charge is 2.09. The van der Waals surface area contributed by atoms with Gasteiger partial charge in [-0.3, -0.25) is 4.79 Å². The van der Waals surface area contributed by atoms with Crippen molar-refractivity contribution in [1.82, 2.24) is 5.32 Å². The maximum Gasteiger partial charge on any atom is 0.251 e. The molecular weight excluding hydrogens is 188 g/mol. The zero-order valence-electron chi connectivity index (χ0n) is 8.45. The lowest BCUT2D eigenvalue weighted by Crippen LogP contribution is -2.18. The predicted molar refractivity (Wildman–Crippen MR) is 61.8 cm³/mol. The van der Waals surface area contributed by atoms with Crippen LogP contribution in [0.3, 0.4) is 0 Å². The number of amides is 1. The molecule has 0 saturated carbocycles. The monoisotopic (exact) mass is 200 g/mol. The quantitative estimate of drug-likeness (QED) is 0.689. The third-order valence-corrected chi connectivity index (χ3v) is 2.41. The van der Waals surface area contributed by atoms with Gasteiger partial charge in [0.15, 0.2) is 0 Å². The molecule has 0 saturated heterocycles. The minimum atomic E-state index is -0.113. The molecule has 15 heavy (non-hydrogen) atoms. The number of carbonyl (C=O) groups is 1. The summed E-state index contributed by atoms with van der Waals surface area (Å²) in [5, 5.41) is 4.41. The van der Waals surface area contributed by atoms with Gasteiger partial charge < -0.3 is 11.1 Å². The number of hydrogen-bond acceptors (Lipinski definition) is 2. The minimum Gasteiger partial charge on any atom is -0.398 e. The summed E-state index contributed by atoms with van der Waals surface area (Å²) in [6.45, 7) is 0. The smallest absolute Gasteiger partial charge is 0.251 e. The average molecular weight is 200 g/mol. The molecule has 0 unspecified atom stereocenters. The van der Waals surface area contributed by atoms with Crippen molar-refractivity contribution in [2.45, 2.75) is 0 Å². The van der Waals surface area contributed by atoms with Crippen LogP contribution in [0, 0.1) is 0 Å². The highest BCUT2D eigenvalue weighted by Crippen LogP contribution is 2.24. The minimum absolute atomic E-state index is 0.113. The molecule has 2 rings (SSSR count). The predicted octanol–water partition coefficient (Wildman–Crippen LogP) is 1.78. The fraction of sp³-hybridized carbons (Fsp3) is 0.0833. The van der Waals surface area contributed by atoms with Gasteiger partial charge in [-0.1, -0.05) is 24.3 Å². The third kappa shape index (κ3) is 1.52. The first-order valence-corrected chi connectivity index (χ1v) is 4.73. The largest absolute Gasteiger partial charge is 0.398 e. The summed E-state index contributed by atoms with van der Waals surface area (Å²) in [4.78, 5) is 11.6. The molecule has 2 aromatic carbocycles. The van der Waals surface area contributed by atoms with Gasteiger partial charge >= 0.3 is 0 Å². The molecule has 0 heterocycles. The van der Waals surface area contributed by atoms with Gasteiger partial charge in [0.25, 0.3) is 5.91 Å². The van der Waals surface area contributed by atoms with E-state index in [4.69, 9.17) is 5.73 Å². The number of nitrogens with one attached hydrogen (secondary N) is 1. The van der Waals surface area contributed by atoms with Crippen molar-refractivity contribution in [2.24, 2.45) is 0 Å². The second kappa shape index (κ2) is 3.61. The number of anilines is 1. The van der Waals surface area contributed by atoms with E-state index in [9.17, 15) is 4.79 Å². The molecule has 0 spiro atoms. The molecular formula is C12H12N2O. The fourth-order valence-electron chi connectivity index (χ4n) is 1.69. The van der Waals surface area contributed by atoms with Crippen LogP contribution in [-0.2, 0) is 0 Å². The summed E-state index contributed by atoms with van der Waals surface area (Å²) in [5.41, 5.74) is 7.12. The maximum absolute atomic E-state index is 11.6. The Hall–Kier alpha value is -2.03. The number of rotatable bonds is 1. The lowest BCUT2D eigenvalue weighted by atomic mass is 10.0. The number of benzene rings is 2. The summed E-state index contributed by atoms with van der Waals surface area (Å²) >= 11 is 0. The molecule has 2 aromatic rings. The molecule has 0 aliphatic heterocycles. The Balaban J connectivity index is 2.80. The molecule has 1 amide bonds. The van der Waals surface area contributed by atoms with Crippen LogP contribution in [0.15, 0.2) is 36.4 Å². The average Bonchev–Trinajstić information content (AvgIpc) is 2.28. The zero-order chi connectivity index (χ0) is 10.8. The van der Waals surface area contributed by atoms with Crippen LogP contribution < -0.4 is 11.1 Å². The number of nitrogen functional groups attached to an aromatic ring is 1. The molecule has 0 aromatic heterocycles. The first-order chi connectivity index (χ1) is 7.24. The molecule has 3 heteroatoms. The van der Waals surface area contributed by atoms with Gasteiger partial charge in [-0.15, -0.1) is 0 Å². The van der Waals surface area contributed by atoms with E-state index in [0.717, 1.165) is 10.8 Å². The van der Waals surface area contributed by atoms with Crippen molar-refractivity contribution in [1.29, 1.82) is 0 Å². The van der Waals surface area contributed by atoms with Gasteiger partial charge in [-0.2, -0.15) is 0 Å². The third-order valence-electron chi connectivity index (χ3n) is 2.41. The van der Waals surface area contributed by atoms with Crippen LogP contribution >= 0.6 is 0 Å². The Labute approximate surface area is 87.9 Å². The van der Waals surface area contributed by atoms with Crippen molar-refractivity contribution in [3.05, 3.63) is 42.0 Å². The van der Waals surface area contributed by atoms with Crippen molar-refractivity contribution < 1.29 is 4.79 Å². The lowest BCUT2D eigenvalue weighted by molar-refractivity contribution is 0.0965. The topological polar surface area (TPSA) is 55.1 Å². The summed E-state index contributed by atoms with van der Waals surface area (Å²) < 4.78 is 0. The Kier molecular flexibility index (Phi) is 2.29. The first-order valence-electron chi connectivity index (χ1n) is 4.73. The highest BCUT2D eigenvalue weighted by atomic mass is 16.1. The van der Waals surface area contributed by atoms with Crippen molar-refractivity contribution in [3.63, 3.8) is 0 Å². The van der Waals surface area contributed by atoms with Crippen molar-refractivity contribution in [3.8, 4) is 0 Å². The van der Waals surface area contributed by atoms with E-state index in [1.54, 1.807) is 19.2 Å². The molecule has 0 fully saturated rings. The Morgan fingerprint density at radius 1 is 1.20 bits per heavy atom. The van der Waals surface area contributed by atoms with Crippen molar-refractivity contribution in [2.75, 3.05) is 12.8 Å². The van der Waals surface area contributed by atoms with Crippen LogP contribution in [-0.4, -0.2) is 13.0 Å². The van der Waals surface area contributed by atoms with E-state index >= 15 is 0 Å². The van der Waals surface area contributed by atoms with E-state index in [-0.39, 0.29) is 5.91 Å².